The van der Waals surface area contributed by atoms with Gasteiger partial charge in [-0.15, -0.1) is 12.4 Å². The van der Waals surface area contributed by atoms with E-state index >= 15 is 0 Å². The standard InChI is InChI=1S/C20H22BrNO.ClH/c1-22(12-2-4-16-7-10-19(21)11-8-16)15-17-6-9-18-5-3-13-23-20(18)14-17;/h2,4,6-11,14H,3,5,12-13,15H2,1H3;1H/b4-2+;. The van der Waals surface area contributed by atoms with Gasteiger partial charge in [0.15, 0.2) is 0 Å². The molecule has 2 nitrogen and oxygen atoms in total. The lowest BCUT2D eigenvalue weighted by atomic mass is 10.0. The number of likely N-dealkylation sites (N-methyl/N-ethyl adjacent to an activating group) is 1. The Morgan fingerprint density at radius 1 is 1.17 bits per heavy atom. The minimum Gasteiger partial charge on any atom is -0.493 e. The molecule has 0 amide bonds. The number of nitrogens with zero attached hydrogens (tertiary/aromatic N) is 1. The summed E-state index contributed by atoms with van der Waals surface area (Å²) >= 11 is 3.46. The molecular weight excluding hydrogens is 386 g/mol. The molecule has 0 saturated heterocycles. The van der Waals surface area contributed by atoms with Gasteiger partial charge in [0.2, 0.25) is 0 Å². The number of fused-ring (bicyclic) bond motifs is 1. The molecule has 0 spiro atoms. The molecule has 0 aliphatic carbocycles. The molecule has 0 bridgehead atoms. The maximum Gasteiger partial charge on any atom is 0.122 e. The summed E-state index contributed by atoms with van der Waals surface area (Å²) in [6, 6.07) is 15.0. The summed E-state index contributed by atoms with van der Waals surface area (Å²) in [5.74, 6) is 1.08. The van der Waals surface area contributed by atoms with Gasteiger partial charge >= 0.3 is 0 Å². The zero-order valence-electron chi connectivity index (χ0n) is 13.9. The first-order valence-electron chi connectivity index (χ1n) is 8.06. The first kappa shape index (κ1) is 19.0. The summed E-state index contributed by atoms with van der Waals surface area (Å²) in [5.41, 5.74) is 3.88. The summed E-state index contributed by atoms with van der Waals surface area (Å²) in [6.45, 7) is 2.71. The van der Waals surface area contributed by atoms with Gasteiger partial charge in [-0.3, -0.25) is 4.90 Å². The molecule has 0 N–H and O–H groups in total. The van der Waals surface area contributed by atoms with Crippen molar-refractivity contribution in [1.82, 2.24) is 4.90 Å². The second kappa shape index (κ2) is 9.26. The van der Waals surface area contributed by atoms with Crippen LogP contribution in [0, 0.1) is 0 Å². The molecule has 1 aliphatic heterocycles. The number of benzene rings is 2. The zero-order chi connectivity index (χ0) is 16.1. The second-order valence-electron chi connectivity index (χ2n) is 6.04. The smallest absolute Gasteiger partial charge is 0.122 e. The van der Waals surface area contributed by atoms with Gasteiger partial charge in [-0.1, -0.05) is 52.3 Å². The van der Waals surface area contributed by atoms with Crippen molar-refractivity contribution >= 4 is 34.4 Å². The van der Waals surface area contributed by atoms with Crippen LogP contribution in [0.3, 0.4) is 0 Å². The number of rotatable bonds is 5. The van der Waals surface area contributed by atoms with Gasteiger partial charge < -0.3 is 4.74 Å². The molecule has 24 heavy (non-hydrogen) atoms. The number of hydrogen-bond acceptors (Lipinski definition) is 2. The summed E-state index contributed by atoms with van der Waals surface area (Å²) in [6.07, 6.45) is 6.64. The van der Waals surface area contributed by atoms with Crippen molar-refractivity contribution in [2.24, 2.45) is 0 Å². The predicted octanol–water partition coefficient (Wildman–Crippen LogP) is 5.34. The predicted molar refractivity (Wildman–Crippen MR) is 107 cm³/mol. The Balaban J connectivity index is 0.00000208. The molecule has 2 aromatic rings. The van der Waals surface area contributed by atoms with E-state index in [1.165, 1.54) is 16.7 Å². The van der Waals surface area contributed by atoms with Crippen molar-refractivity contribution in [3.05, 3.63) is 69.7 Å². The third-order valence-corrected chi connectivity index (χ3v) is 4.56. The molecule has 0 unspecified atom stereocenters. The fourth-order valence-electron chi connectivity index (χ4n) is 2.80. The van der Waals surface area contributed by atoms with Crippen molar-refractivity contribution in [2.45, 2.75) is 19.4 Å². The molecule has 4 heteroatoms. The lowest BCUT2D eigenvalue weighted by Gasteiger charge is -2.20. The van der Waals surface area contributed by atoms with Gasteiger partial charge in [0.25, 0.3) is 0 Å². The van der Waals surface area contributed by atoms with Gasteiger partial charge in [-0.2, -0.15) is 0 Å². The van der Waals surface area contributed by atoms with Crippen molar-refractivity contribution < 1.29 is 4.74 Å². The molecule has 0 atom stereocenters. The van der Waals surface area contributed by atoms with Gasteiger partial charge in [-0.25, -0.2) is 0 Å². The van der Waals surface area contributed by atoms with Crippen molar-refractivity contribution in [3.8, 4) is 5.75 Å². The maximum absolute atomic E-state index is 5.76. The Morgan fingerprint density at radius 2 is 1.96 bits per heavy atom. The third-order valence-electron chi connectivity index (χ3n) is 4.03. The highest BCUT2D eigenvalue weighted by molar-refractivity contribution is 9.10. The first-order chi connectivity index (χ1) is 11.2. The maximum atomic E-state index is 5.76. The molecule has 0 radical (unpaired) electrons. The van der Waals surface area contributed by atoms with Crippen LogP contribution < -0.4 is 4.74 Å². The lowest BCUT2D eigenvalue weighted by Crippen LogP contribution is -2.18. The SMILES string of the molecule is CN(C/C=C/c1ccc(Br)cc1)Cc1ccc2c(c1)OCCC2.Cl. The van der Waals surface area contributed by atoms with Crippen molar-refractivity contribution in [1.29, 1.82) is 0 Å². The molecule has 1 aliphatic rings. The van der Waals surface area contributed by atoms with Crippen LogP contribution >= 0.6 is 28.3 Å². The third kappa shape index (κ3) is 5.37. The van der Waals surface area contributed by atoms with Crippen LogP contribution in [0.1, 0.15) is 23.1 Å². The lowest BCUT2D eigenvalue weighted by molar-refractivity contribution is 0.287. The Bertz CT molecular complexity index is 685. The Hall–Kier alpha value is -1.29. The van der Waals surface area contributed by atoms with E-state index < -0.39 is 0 Å². The van der Waals surface area contributed by atoms with Crippen LogP contribution in [0.25, 0.3) is 6.08 Å². The fraction of sp³-hybridized carbons (Fsp3) is 0.300. The molecule has 0 saturated carbocycles. The summed E-state index contributed by atoms with van der Waals surface area (Å²) in [7, 11) is 2.15. The molecule has 2 aromatic carbocycles. The Labute approximate surface area is 159 Å². The molecule has 0 fully saturated rings. The van der Waals surface area contributed by atoms with Gasteiger partial charge in [0, 0.05) is 17.6 Å². The Morgan fingerprint density at radius 3 is 2.75 bits per heavy atom. The molecule has 128 valence electrons. The normalized spacial score (nSPS) is 13.5. The average Bonchev–Trinajstić information content (AvgIpc) is 2.56. The minimum atomic E-state index is 0. The Kier molecular flexibility index (Phi) is 7.35. The minimum absolute atomic E-state index is 0. The van der Waals surface area contributed by atoms with Crippen LogP contribution in [0.2, 0.25) is 0 Å². The fourth-order valence-corrected chi connectivity index (χ4v) is 3.07. The summed E-state index contributed by atoms with van der Waals surface area (Å²) in [4.78, 5) is 2.31. The van der Waals surface area contributed by atoms with E-state index in [0.29, 0.717) is 0 Å². The highest BCUT2D eigenvalue weighted by Gasteiger charge is 2.10. The largest absolute Gasteiger partial charge is 0.493 e. The van der Waals surface area contributed by atoms with E-state index in [1.807, 2.05) is 0 Å². The van der Waals surface area contributed by atoms with Crippen LogP contribution in [-0.4, -0.2) is 25.1 Å². The van der Waals surface area contributed by atoms with E-state index in [9.17, 15) is 0 Å². The molecule has 0 aromatic heterocycles. The molecule has 3 rings (SSSR count). The topological polar surface area (TPSA) is 12.5 Å². The van der Waals surface area contributed by atoms with Crippen molar-refractivity contribution in [2.75, 3.05) is 20.2 Å². The number of ether oxygens (including phenoxy) is 1. The summed E-state index contributed by atoms with van der Waals surface area (Å²) < 4.78 is 6.87. The van der Waals surface area contributed by atoms with Gasteiger partial charge in [0.05, 0.1) is 6.61 Å². The quantitative estimate of drug-likeness (QED) is 0.662. The van der Waals surface area contributed by atoms with Crippen LogP contribution in [0.4, 0.5) is 0 Å². The molecule has 1 heterocycles. The first-order valence-corrected chi connectivity index (χ1v) is 8.85. The highest BCUT2D eigenvalue weighted by atomic mass is 79.9. The van der Waals surface area contributed by atoms with E-state index in [4.69, 9.17) is 4.74 Å². The van der Waals surface area contributed by atoms with E-state index in [-0.39, 0.29) is 12.4 Å². The van der Waals surface area contributed by atoms with Crippen LogP contribution in [0.15, 0.2) is 53.0 Å². The average molecular weight is 409 g/mol. The van der Waals surface area contributed by atoms with E-state index in [2.05, 4.69) is 82.5 Å². The monoisotopic (exact) mass is 407 g/mol. The van der Waals surface area contributed by atoms with Gasteiger partial charge in [-0.05, 0) is 54.8 Å². The number of hydrogen-bond donors (Lipinski definition) is 0. The highest BCUT2D eigenvalue weighted by Crippen LogP contribution is 2.26. The van der Waals surface area contributed by atoms with Crippen LogP contribution in [-0.2, 0) is 13.0 Å². The van der Waals surface area contributed by atoms with E-state index in [0.717, 1.165) is 42.8 Å². The zero-order valence-corrected chi connectivity index (χ0v) is 16.3. The molecular formula is C20H23BrClNO. The summed E-state index contributed by atoms with van der Waals surface area (Å²) in [5, 5.41) is 0. The van der Waals surface area contributed by atoms with Crippen LogP contribution in [0.5, 0.6) is 5.75 Å². The van der Waals surface area contributed by atoms with Crippen molar-refractivity contribution in [3.63, 3.8) is 0 Å². The second-order valence-corrected chi connectivity index (χ2v) is 6.96. The van der Waals surface area contributed by atoms with E-state index in [1.54, 1.807) is 0 Å². The number of halogens is 2. The number of aryl methyl sites for hydroxylation is 1. The van der Waals surface area contributed by atoms with Gasteiger partial charge in [0.1, 0.15) is 5.75 Å².